The number of benzene rings is 1. The highest BCUT2D eigenvalue weighted by atomic mass is 16.2. The van der Waals surface area contributed by atoms with Crippen molar-refractivity contribution in [2.24, 2.45) is 5.92 Å². The number of rotatable bonds is 6. The molecule has 2 N–H and O–H groups in total. The Hall–Kier alpha value is -2.04. The number of hydrogen-bond donors (Lipinski definition) is 2. The lowest BCUT2D eigenvalue weighted by molar-refractivity contribution is -0.121. The van der Waals surface area contributed by atoms with Crippen molar-refractivity contribution in [1.82, 2.24) is 10.6 Å². The first kappa shape index (κ1) is 19.3. The fourth-order valence-electron chi connectivity index (χ4n) is 2.99. The SMILES string of the molecule is CCC(=O)NC1CCN(c2ccccc2C(=O)N[C@H](C)C(C)C)CC1. The first-order chi connectivity index (χ1) is 11.9. The maximum atomic E-state index is 12.7. The molecule has 0 aliphatic carbocycles. The zero-order chi connectivity index (χ0) is 18.4. The standard InChI is InChI=1S/C20H31N3O2/c1-5-19(24)22-16-10-12-23(13-11-16)18-9-7-6-8-17(18)20(25)21-15(4)14(2)3/h6-9,14-16H,5,10-13H2,1-4H3,(H,21,25)(H,22,24)/t15-/m1/s1. The van der Waals surface area contributed by atoms with Gasteiger partial charge in [-0.05, 0) is 37.8 Å². The molecule has 2 rings (SSSR count). The van der Waals surface area contributed by atoms with Gasteiger partial charge in [-0.2, -0.15) is 0 Å². The fraction of sp³-hybridized carbons (Fsp3) is 0.600. The minimum Gasteiger partial charge on any atom is -0.371 e. The number of piperidine rings is 1. The lowest BCUT2D eigenvalue weighted by Crippen LogP contribution is -2.45. The fourth-order valence-corrected chi connectivity index (χ4v) is 2.99. The second kappa shape index (κ2) is 8.88. The van der Waals surface area contributed by atoms with Gasteiger partial charge in [-0.15, -0.1) is 0 Å². The van der Waals surface area contributed by atoms with Gasteiger partial charge in [0.25, 0.3) is 5.91 Å². The number of anilines is 1. The van der Waals surface area contributed by atoms with E-state index < -0.39 is 0 Å². The van der Waals surface area contributed by atoms with Gasteiger partial charge >= 0.3 is 0 Å². The van der Waals surface area contributed by atoms with Gasteiger partial charge in [0.1, 0.15) is 0 Å². The minimum atomic E-state index is -0.0155. The molecular weight excluding hydrogens is 314 g/mol. The van der Waals surface area contributed by atoms with Crippen molar-refractivity contribution in [1.29, 1.82) is 0 Å². The smallest absolute Gasteiger partial charge is 0.253 e. The summed E-state index contributed by atoms with van der Waals surface area (Å²) >= 11 is 0. The number of para-hydroxylation sites is 1. The molecule has 0 unspecified atom stereocenters. The molecule has 0 aromatic heterocycles. The predicted octanol–water partition coefficient (Wildman–Crippen LogP) is 2.96. The summed E-state index contributed by atoms with van der Waals surface area (Å²) in [5.41, 5.74) is 1.71. The summed E-state index contributed by atoms with van der Waals surface area (Å²) < 4.78 is 0. The molecule has 1 aliphatic rings. The molecule has 1 atom stereocenters. The third-order valence-electron chi connectivity index (χ3n) is 5.03. The van der Waals surface area contributed by atoms with Gasteiger partial charge in [0.15, 0.2) is 0 Å². The maximum absolute atomic E-state index is 12.7. The van der Waals surface area contributed by atoms with Crippen LogP contribution < -0.4 is 15.5 Å². The average Bonchev–Trinajstić information content (AvgIpc) is 2.62. The Morgan fingerprint density at radius 1 is 1.16 bits per heavy atom. The highest BCUT2D eigenvalue weighted by molar-refractivity contribution is 6.00. The van der Waals surface area contributed by atoms with Crippen molar-refractivity contribution in [3.05, 3.63) is 29.8 Å². The van der Waals surface area contributed by atoms with Crippen LogP contribution in [0.4, 0.5) is 5.69 Å². The molecule has 1 aromatic carbocycles. The van der Waals surface area contributed by atoms with E-state index in [-0.39, 0.29) is 23.9 Å². The summed E-state index contributed by atoms with van der Waals surface area (Å²) in [6.45, 7) is 9.81. The van der Waals surface area contributed by atoms with E-state index >= 15 is 0 Å². The molecule has 0 saturated carbocycles. The summed E-state index contributed by atoms with van der Waals surface area (Å²) in [6.07, 6.45) is 2.34. The Balaban J connectivity index is 2.04. The van der Waals surface area contributed by atoms with E-state index in [0.717, 1.165) is 37.2 Å². The second-order valence-corrected chi connectivity index (χ2v) is 7.21. The van der Waals surface area contributed by atoms with Gasteiger partial charge in [-0.1, -0.05) is 32.9 Å². The van der Waals surface area contributed by atoms with Crippen molar-refractivity contribution < 1.29 is 9.59 Å². The van der Waals surface area contributed by atoms with Crippen LogP contribution in [-0.4, -0.2) is 37.0 Å². The van der Waals surface area contributed by atoms with E-state index in [2.05, 4.69) is 29.4 Å². The summed E-state index contributed by atoms with van der Waals surface area (Å²) in [7, 11) is 0. The van der Waals surface area contributed by atoms with Crippen molar-refractivity contribution in [3.63, 3.8) is 0 Å². The molecule has 2 amide bonds. The summed E-state index contributed by atoms with van der Waals surface area (Å²) in [5, 5.41) is 6.17. The number of carbonyl (C=O) groups excluding carboxylic acids is 2. The van der Waals surface area contributed by atoms with Crippen LogP contribution in [0, 0.1) is 5.92 Å². The summed E-state index contributed by atoms with van der Waals surface area (Å²) in [4.78, 5) is 26.5. The molecule has 5 nitrogen and oxygen atoms in total. The van der Waals surface area contributed by atoms with E-state index in [0.29, 0.717) is 12.3 Å². The van der Waals surface area contributed by atoms with Crippen molar-refractivity contribution in [3.8, 4) is 0 Å². The molecule has 1 saturated heterocycles. The van der Waals surface area contributed by atoms with E-state index in [9.17, 15) is 9.59 Å². The molecule has 138 valence electrons. The molecule has 1 fully saturated rings. The van der Waals surface area contributed by atoms with Crippen LogP contribution in [0.1, 0.15) is 57.3 Å². The predicted molar refractivity (Wildman–Crippen MR) is 102 cm³/mol. The molecule has 5 heteroatoms. The Morgan fingerprint density at radius 2 is 1.80 bits per heavy atom. The number of amides is 2. The van der Waals surface area contributed by atoms with Crippen LogP contribution in [0.3, 0.4) is 0 Å². The normalized spacial score (nSPS) is 16.6. The minimum absolute atomic E-state index is 0.0155. The highest BCUT2D eigenvalue weighted by Gasteiger charge is 2.24. The number of carbonyl (C=O) groups is 2. The van der Waals surface area contributed by atoms with Gasteiger partial charge < -0.3 is 15.5 Å². The second-order valence-electron chi connectivity index (χ2n) is 7.21. The third kappa shape index (κ3) is 5.21. The first-order valence-electron chi connectivity index (χ1n) is 9.36. The van der Waals surface area contributed by atoms with Gasteiger partial charge in [0.2, 0.25) is 5.91 Å². The van der Waals surface area contributed by atoms with Crippen LogP contribution in [0.15, 0.2) is 24.3 Å². The zero-order valence-corrected chi connectivity index (χ0v) is 15.8. The highest BCUT2D eigenvalue weighted by Crippen LogP contribution is 2.24. The van der Waals surface area contributed by atoms with Crippen LogP contribution in [0.25, 0.3) is 0 Å². The quantitative estimate of drug-likeness (QED) is 0.833. The van der Waals surface area contributed by atoms with Crippen LogP contribution in [0.2, 0.25) is 0 Å². The van der Waals surface area contributed by atoms with E-state index in [4.69, 9.17) is 0 Å². The van der Waals surface area contributed by atoms with Crippen molar-refractivity contribution in [2.75, 3.05) is 18.0 Å². The molecule has 0 radical (unpaired) electrons. The van der Waals surface area contributed by atoms with E-state index in [1.54, 1.807) is 0 Å². The molecule has 0 bridgehead atoms. The largest absolute Gasteiger partial charge is 0.371 e. The van der Waals surface area contributed by atoms with E-state index in [1.165, 1.54) is 0 Å². The molecule has 1 aromatic rings. The topological polar surface area (TPSA) is 61.4 Å². The van der Waals surface area contributed by atoms with Crippen molar-refractivity contribution in [2.45, 2.75) is 59.0 Å². The number of nitrogens with zero attached hydrogens (tertiary/aromatic N) is 1. The van der Waals surface area contributed by atoms with Crippen LogP contribution in [-0.2, 0) is 4.79 Å². The monoisotopic (exact) mass is 345 g/mol. The van der Waals surface area contributed by atoms with Gasteiger partial charge in [0.05, 0.1) is 5.56 Å². The molecule has 25 heavy (non-hydrogen) atoms. The summed E-state index contributed by atoms with van der Waals surface area (Å²) in [6, 6.07) is 8.17. The Labute approximate surface area is 151 Å². The lowest BCUT2D eigenvalue weighted by Gasteiger charge is -2.35. The number of hydrogen-bond acceptors (Lipinski definition) is 3. The van der Waals surface area contributed by atoms with Crippen LogP contribution in [0.5, 0.6) is 0 Å². The van der Waals surface area contributed by atoms with Gasteiger partial charge in [-0.25, -0.2) is 0 Å². The lowest BCUT2D eigenvalue weighted by atomic mass is 10.0. The van der Waals surface area contributed by atoms with Gasteiger partial charge in [0, 0.05) is 37.3 Å². The average molecular weight is 345 g/mol. The molecule has 1 heterocycles. The molecular formula is C20H31N3O2. The zero-order valence-electron chi connectivity index (χ0n) is 15.8. The first-order valence-corrected chi connectivity index (χ1v) is 9.36. The Kier molecular flexibility index (Phi) is 6.85. The van der Waals surface area contributed by atoms with Crippen LogP contribution >= 0.6 is 0 Å². The van der Waals surface area contributed by atoms with Crippen molar-refractivity contribution >= 4 is 17.5 Å². The number of nitrogens with one attached hydrogen (secondary N) is 2. The molecule has 0 spiro atoms. The Bertz CT molecular complexity index is 592. The van der Waals surface area contributed by atoms with Gasteiger partial charge in [-0.3, -0.25) is 9.59 Å². The molecule has 1 aliphatic heterocycles. The third-order valence-corrected chi connectivity index (χ3v) is 5.03. The summed E-state index contributed by atoms with van der Waals surface area (Å²) in [5.74, 6) is 0.494. The Morgan fingerprint density at radius 3 is 2.40 bits per heavy atom. The maximum Gasteiger partial charge on any atom is 0.253 e. The van der Waals surface area contributed by atoms with E-state index in [1.807, 2.05) is 38.1 Å².